The lowest BCUT2D eigenvalue weighted by Gasteiger charge is -2.19. The van der Waals surface area contributed by atoms with Crippen LogP contribution in [0, 0.1) is 0 Å². The number of carbonyl (C=O) groups excluding carboxylic acids is 1. The van der Waals surface area contributed by atoms with E-state index in [0.717, 1.165) is 25.0 Å². The summed E-state index contributed by atoms with van der Waals surface area (Å²) in [6.07, 6.45) is 3.14. The van der Waals surface area contributed by atoms with E-state index in [1.54, 1.807) is 11.8 Å². The van der Waals surface area contributed by atoms with Gasteiger partial charge in [-0.2, -0.15) is 11.8 Å². The van der Waals surface area contributed by atoms with Crippen LogP contribution in [0.25, 0.3) is 0 Å². The molecule has 0 aliphatic rings. The zero-order chi connectivity index (χ0) is 12.6. The molecule has 0 bridgehead atoms. The molecule has 3 nitrogen and oxygen atoms in total. The highest BCUT2D eigenvalue weighted by molar-refractivity contribution is 7.99. The highest BCUT2D eigenvalue weighted by Gasteiger charge is 2.15. The quantitative estimate of drug-likeness (QED) is 0.555. The molecule has 0 spiro atoms. The largest absolute Gasteiger partial charge is 0.459 e. The molecule has 1 unspecified atom stereocenters. The van der Waals surface area contributed by atoms with Gasteiger partial charge in [0.2, 0.25) is 0 Å². The van der Waals surface area contributed by atoms with Gasteiger partial charge in [-0.3, -0.25) is 4.79 Å². The molecule has 0 aromatic carbocycles. The van der Waals surface area contributed by atoms with Crippen LogP contribution < -0.4 is 5.73 Å². The fourth-order valence-electron chi connectivity index (χ4n) is 1.18. The molecule has 1 atom stereocenters. The monoisotopic (exact) mass is 247 g/mol. The van der Waals surface area contributed by atoms with Crippen LogP contribution in [0.2, 0.25) is 0 Å². The van der Waals surface area contributed by atoms with Crippen molar-refractivity contribution >= 4 is 17.7 Å². The van der Waals surface area contributed by atoms with Crippen LogP contribution in [-0.4, -0.2) is 29.1 Å². The van der Waals surface area contributed by atoms with Crippen LogP contribution >= 0.6 is 11.8 Å². The van der Waals surface area contributed by atoms with E-state index in [1.807, 2.05) is 20.8 Å². The summed E-state index contributed by atoms with van der Waals surface area (Å²) in [4.78, 5) is 11.3. The molecule has 0 aromatic heterocycles. The first-order chi connectivity index (χ1) is 7.35. The Morgan fingerprint density at radius 2 is 2.06 bits per heavy atom. The first-order valence-electron chi connectivity index (χ1n) is 5.90. The Labute approximate surface area is 103 Å². The van der Waals surface area contributed by atoms with Crippen LogP contribution in [0.1, 0.15) is 47.0 Å². The van der Waals surface area contributed by atoms with Gasteiger partial charge in [0.15, 0.2) is 0 Å². The third-order valence-corrected chi connectivity index (χ3v) is 3.05. The van der Waals surface area contributed by atoms with Crippen LogP contribution in [0.3, 0.4) is 0 Å². The molecule has 0 saturated carbocycles. The number of esters is 1. The molecule has 0 aromatic rings. The number of carbonyl (C=O) groups is 1. The lowest BCUT2D eigenvalue weighted by Crippen LogP contribution is -2.25. The van der Waals surface area contributed by atoms with E-state index in [1.165, 1.54) is 0 Å². The summed E-state index contributed by atoms with van der Waals surface area (Å²) in [5.74, 6) is 1.29. The van der Waals surface area contributed by atoms with Crippen molar-refractivity contribution in [2.24, 2.45) is 5.73 Å². The van der Waals surface area contributed by atoms with E-state index >= 15 is 0 Å². The SMILES string of the molecule is CCC(N)CCCSCC(=O)OC(C)(C)C. The van der Waals surface area contributed by atoms with Crippen molar-refractivity contribution in [3.8, 4) is 0 Å². The van der Waals surface area contributed by atoms with Gasteiger partial charge in [0, 0.05) is 6.04 Å². The molecule has 2 N–H and O–H groups in total. The lowest BCUT2D eigenvalue weighted by molar-refractivity contribution is -0.151. The smallest absolute Gasteiger partial charge is 0.316 e. The molecule has 0 rings (SSSR count). The van der Waals surface area contributed by atoms with Crippen LogP contribution in [0.15, 0.2) is 0 Å². The summed E-state index contributed by atoms with van der Waals surface area (Å²) in [5, 5.41) is 0. The molecule has 16 heavy (non-hydrogen) atoms. The zero-order valence-electron chi connectivity index (χ0n) is 10.9. The second kappa shape index (κ2) is 7.96. The molecule has 0 fully saturated rings. The number of ether oxygens (including phenoxy) is 1. The average Bonchev–Trinajstić information content (AvgIpc) is 2.14. The fraction of sp³-hybridized carbons (Fsp3) is 0.917. The Balaban J connectivity index is 3.42. The minimum Gasteiger partial charge on any atom is -0.459 e. The van der Waals surface area contributed by atoms with Gasteiger partial charge in [0.25, 0.3) is 0 Å². The number of rotatable bonds is 7. The van der Waals surface area contributed by atoms with Crippen LogP contribution in [-0.2, 0) is 9.53 Å². The van der Waals surface area contributed by atoms with E-state index in [4.69, 9.17) is 10.5 Å². The van der Waals surface area contributed by atoms with Crippen molar-refractivity contribution < 1.29 is 9.53 Å². The molecular weight excluding hydrogens is 222 g/mol. The minimum absolute atomic E-state index is 0.128. The van der Waals surface area contributed by atoms with E-state index in [0.29, 0.717) is 11.8 Å². The van der Waals surface area contributed by atoms with Crippen molar-refractivity contribution in [3.05, 3.63) is 0 Å². The van der Waals surface area contributed by atoms with E-state index in [-0.39, 0.29) is 11.6 Å². The third-order valence-electron chi connectivity index (χ3n) is 2.03. The topological polar surface area (TPSA) is 52.3 Å². The number of thioether (sulfide) groups is 1. The van der Waals surface area contributed by atoms with E-state index in [2.05, 4.69) is 6.92 Å². The standard InChI is InChI=1S/C12H25NO2S/c1-5-10(13)7-6-8-16-9-11(14)15-12(2,3)4/h10H,5-9,13H2,1-4H3. The first-order valence-corrected chi connectivity index (χ1v) is 7.05. The van der Waals surface area contributed by atoms with E-state index < -0.39 is 0 Å². The van der Waals surface area contributed by atoms with Gasteiger partial charge < -0.3 is 10.5 Å². The van der Waals surface area contributed by atoms with Gasteiger partial charge in [0.1, 0.15) is 5.60 Å². The van der Waals surface area contributed by atoms with Crippen molar-refractivity contribution in [3.63, 3.8) is 0 Å². The van der Waals surface area contributed by atoms with Crippen molar-refractivity contribution in [2.75, 3.05) is 11.5 Å². The predicted octanol–water partition coefficient (Wildman–Crippen LogP) is 2.58. The third kappa shape index (κ3) is 10.3. The van der Waals surface area contributed by atoms with Crippen LogP contribution in [0.4, 0.5) is 0 Å². The summed E-state index contributed by atoms with van der Waals surface area (Å²) in [6, 6.07) is 0.308. The normalized spacial score (nSPS) is 13.6. The molecular formula is C12H25NO2S. The summed E-state index contributed by atoms with van der Waals surface area (Å²) < 4.78 is 5.20. The van der Waals surface area contributed by atoms with Crippen molar-refractivity contribution in [1.82, 2.24) is 0 Å². The summed E-state index contributed by atoms with van der Waals surface area (Å²) in [7, 11) is 0. The molecule has 0 amide bonds. The maximum Gasteiger partial charge on any atom is 0.316 e. The highest BCUT2D eigenvalue weighted by Crippen LogP contribution is 2.11. The van der Waals surface area contributed by atoms with Gasteiger partial charge in [-0.1, -0.05) is 6.92 Å². The maximum atomic E-state index is 11.3. The average molecular weight is 247 g/mol. The van der Waals surface area contributed by atoms with Gasteiger partial charge in [0.05, 0.1) is 5.75 Å². The molecule has 0 radical (unpaired) electrons. The first kappa shape index (κ1) is 15.8. The molecule has 0 heterocycles. The molecule has 0 aliphatic carbocycles. The van der Waals surface area contributed by atoms with Gasteiger partial charge in [-0.05, 0) is 45.8 Å². The van der Waals surface area contributed by atoms with Crippen LogP contribution in [0.5, 0.6) is 0 Å². The summed E-state index contributed by atoms with van der Waals surface area (Å²) >= 11 is 1.62. The molecule has 0 aliphatic heterocycles. The molecule has 0 saturated heterocycles. The second-order valence-corrected chi connectivity index (χ2v) is 6.05. The Morgan fingerprint density at radius 1 is 1.44 bits per heavy atom. The highest BCUT2D eigenvalue weighted by atomic mass is 32.2. The molecule has 96 valence electrons. The zero-order valence-corrected chi connectivity index (χ0v) is 11.7. The Morgan fingerprint density at radius 3 is 2.56 bits per heavy atom. The Kier molecular flexibility index (Phi) is 7.85. The van der Waals surface area contributed by atoms with Crippen molar-refractivity contribution in [1.29, 1.82) is 0 Å². The second-order valence-electron chi connectivity index (χ2n) is 4.95. The summed E-state index contributed by atoms with van der Waals surface area (Å²) in [5.41, 5.74) is 5.42. The lowest BCUT2D eigenvalue weighted by atomic mass is 10.1. The minimum atomic E-state index is -0.373. The fourth-order valence-corrected chi connectivity index (χ4v) is 1.92. The van der Waals surface area contributed by atoms with Gasteiger partial charge in [-0.25, -0.2) is 0 Å². The Bertz CT molecular complexity index is 202. The Hall–Kier alpha value is -0.220. The summed E-state index contributed by atoms with van der Waals surface area (Å²) in [6.45, 7) is 7.75. The van der Waals surface area contributed by atoms with Gasteiger partial charge in [-0.15, -0.1) is 0 Å². The number of hydrogen-bond donors (Lipinski definition) is 1. The predicted molar refractivity (Wildman–Crippen MR) is 70.7 cm³/mol. The van der Waals surface area contributed by atoms with Crippen molar-refractivity contribution in [2.45, 2.75) is 58.6 Å². The number of nitrogens with two attached hydrogens (primary N) is 1. The molecule has 4 heteroatoms. The maximum absolute atomic E-state index is 11.3. The van der Waals surface area contributed by atoms with Gasteiger partial charge >= 0.3 is 5.97 Å². The number of hydrogen-bond acceptors (Lipinski definition) is 4. The van der Waals surface area contributed by atoms with E-state index in [9.17, 15) is 4.79 Å².